The van der Waals surface area contributed by atoms with Gasteiger partial charge in [-0.1, -0.05) is 26.2 Å². The van der Waals surface area contributed by atoms with Crippen LogP contribution >= 0.6 is 0 Å². The van der Waals surface area contributed by atoms with Crippen LogP contribution in [0, 0.1) is 5.21 Å². The van der Waals surface area contributed by atoms with Gasteiger partial charge in [-0.05, 0) is 36.8 Å². The summed E-state index contributed by atoms with van der Waals surface area (Å²) in [6.45, 7) is 2.81. The first-order chi connectivity index (χ1) is 12.6. The lowest BCUT2D eigenvalue weighted by molar-refractivity contribution is -0.605. The predicted molar refractivity (Wildman–Crippen MR) is 96.4 cm³/mol. The number of ether oxygens (including phenoxy) is 1. The SMILES string of the molecule is CCCCCCOc1ccc(C(=O)NNC(=O)c2ccc[n+]([O-])c2)cc1. The van der Waals surface area contributed by atoms with Gasteiger partial charge in [-0.2, -0.15) is 4.73 Å². The molecule has 1 aromatic heterocycles. The zero-order valence-corrected chi connectivity index (χ0v) is 14.7. The molecule has 0 spiro atoms. The Hall–Kier alpha value is -3.09. The van der Waals surface area contributed by atoms with E-state index in [1.54, 1.807) is 24.3 Å². The number of nitrogens with zero attached hydrogens (tertiary/aromatic N) is 1. The van der Waals surface area contributed by atoms with Gasteiger partial charge in [-0.25, -0.2) is 0 Å². The number of carbonyl (C=O) groups excluding carboxylic acids is 2. The van der Waals surface area contributed by atoms with Crippen molar-refractivity contribution in [1.29, 1.82) is 0 Å². The standard InChI is InChI=1S/C19H23N3O4/c1-2-3-4-5-13-26-17-10-8-15(9-11-17)18(23)20-21-19(24)16-7-6-12-22(25)14-16/h6-12,14H,2-5,13H2,1H3,(H,20,23)(H,21,24). The van der Waals surface area contributed by atoms with Gasteiger partial charge in [0, 0.05) is 11.6 Å². The number of nitrogens with one attached hydrogen (secondary N) is 2. The van der Waals surface area contributed by atoms with Crippen molar-refractivity contribution in [3.63, 3.8) is 0 Å². The number of rotatable bonds is 8. The molecular formula is C19H23N3O4. The van der Waals surface area contributed by atoms with E-state index in [1.807, 2.05) is 0 Å². The number of pyridine rings is 1. The zero-order chi connectivity index (χ0) is 18.8. The van der Waals surface area contributed by atoms with Crippen molar-refractivity contribution in [1.82, 2.24) is 10.9 Å². The summed E-state index contributed by atoms with van der Waals surface area (Å²) >= 11 is 0. The summed E-state index contributed by atoms with van der Waals surface area (Å²) in [5.41, 5.74) is 5.12. The highest BCUT2D eigenvalue weighted by atomic mass is 16.5. The molecule has 0 saturated heterocycles. The van der Waals surface area contributed by atoms with Gasteiger partial charge < -0.3 is 9.94 Å². The first-order valence-electron chi connectivity index (χ1n) is 8.62. The van der Waals surface area contributed by atoms with Crippen molar-refractivity contribution in [3.05, 3.63) is 65.1 Å². The van der Waals surface area contributed by atoms with Crippen molar-refractivity contribution in [2.75, 3.05) is 6.61 Å². The minimum Gasteiger partial charge on any atom is -0.619 e. The molecule has 0 unspecified atom stereocenters. The van der Waals surface area contributed by atoms with Crippen LogP contribution in [0.15, 0.2) is 48.8 Å². The molecule has 7 nitrogen and oxygen atoms in total. The number of benzene rings is 1. The topological polar surface area (TPSA) is 94.4 Å². The molecule has 0 fully saturated rings. The smallest absolute Gasteiger partial charge is 0.275 e. The van der Waals surface area contributed by atoms with Crippen molar-refractivity contribution in [3.8, 4) is 5.75 Å². The van der Waals surface area contributed by atoms with Crippen LogP contribution in [0.1, 0.15) is 53.3 Å². The van der Waals surface area contributed by atoms with Crippen molar-refractivity contribution in [2.45, 2.75) is 32.6 Å². The normalized spacial score (nSPS) is 10.2. The highest BCUT2D eigenvalue weighted by molar-refractivity contribution is 5.98. The maximum absolute atomic E-state index is 12.1. The number of amides is 2. The number of hydrazine groups is 1. The highest BCUT2D eigenvalue weighted by Crippen LogP contribution is 2.13. The lowest BCUT2D eigenvalue weighted by Crippen LogP contribution is -2.42. The van der Waals surface area contributed by atoms with Gasteiger partial charge in [0.15, 0.2) is 12.4 Å². The third-order valence-corrected chi connectivity index (χ3v) is 3.71. The molecule has 0 radical (unpaired) electrons. The average Bonchev–Trinajstić information content (AvgIpc) is 2.66. The van der Waals surface area contributed by atoms with Crippen LogP contribution in [0.5, 0.6) is 5.75 Å². The Morgan fingerprint density at radius 2 is 1.69 bits per heavy atom. The summed E-state index contributed by atoms with van der Waals surface area (Å²) in [5.74, 6) is -0.333. The largest absolute Gasteiger partial charge is 0.619 e. The molecule has 0 bridgehead atoms. The average molecular weight is 357 g/mol. The molecule has 1 aromatic carbocycles. The van der Waals surface area contributed by atoms with Gasteiger partial charge in [0.05, 0.1) is 6.61 Å². The van der Waals surface area contributed by atoms with Crippen LogP contribution in [-0.2, 0) is 0 Å². The maximum atomic E-state index is 12.1. The van der Waals surface area contributed by atoms with E-state index < -0.39 is 11.8 Å². The van der Waals surface area contributed by atoms with Gasteiger partial charge in [0.2, 0.25) is 0 Å². The molecule has 0 saturated carbocycles. The monoisotopic (exact) mass is 357 g/mol. The molecule has 1 heterocycles. The van der Waals surface area contributed by atoms with Crippen molar-refractivity contribution >= 4 is 11.8 Å². The zero-order valence-electron chi connectivity index (χ0n) is 14.7. The molecule has 0 aliphatic carbocycles. The summed E-state index contributed by atoms with van der Waals surface area (Å²) < 4.78 is 6.13. The van der Waals surface area contributed by atoms with Crippen LogP contribution in [0.2, 0.25) is 0 Å². The molecule has 2 rings (SSSR count). The van der Waals surface area contributed by atoms with Crippen LogP contribution in [-0.4, -0.2) is 18.4 Å². The van der Waals surface area contributed by atoms with Crippen molar-refractivity contribution in [2.24, 2.45) is 0 Å². The number of hydrogen-bond acceptors (Lipinski definition) is 4. The molecule has 2 aromatic rings. The first kappa shape index (κ1) is 19.2. The van der Waals surface area contributed by atoms with E-state index >= 15 is 0 Å². The summed E-state index contributed by atoms with van der Waals surface area (Å²) in [7, 11) is 0. The third-order valence-electron chi connectivity index (χ3n) is 3.71. The maximum Gasteiger partial charge on any atom is 0.275 e. The highest BCUT2D eigenvalue weighted by Gasteiger charge is 2.11. The second-order valence-electron chi connectivity index (χ2n) is 5.79. The van der Waals surface area contributed by atoms with E-state index in [9.17, 15) is 14.8 Å². The number of aromatic nitrogens is 1. The van der Waals surface area contributed by atoms with Gasteiger partial charge in [0.1, 0.15) is 11.3 Å². The minimum absolute atomic E-state index is 0.148. The van der Waals surface area contributed by atoms with Crippen LogP contribution < -0.4 is 20.3 Å². The number of hydrogen-bond donors (Lipinski definition) is 2. The Balaban J connectivity index is 1.79. The van der Waals surface area contributed by atoms with Crippen molar-refractivity contribution < 1.29 is 19.1 Å². The Labute approximate surface area is 152 Å². The predicted octanol–water partition coefficient (Wildman–Crippen LogP) is 2.35. The molecule has 26 heavy (non-hydrogen) atoms. The van der Waals surface area contributed by atoms with Crippen LogP contribution in [0.4, 0.5) is 0 Å². The van der Waals surface area contributed by atoms with Gasteiger partial charge in [-0.3, -0.25) is 20.4 Å². The second-order valence-corrected chi connectivity index (χ2v) is 5.79. The third kappa shape index (κ3) is 6.08. The van der Waals surface area contributed by atoms with E-state index in [0.717, 1.165) is 19.0 Å². The molecule has 0 aliphatic rings. The Morgan fingerprint density at radius 3 is 2.35 bits per heavy atom. The molecule has 0 atom stereocenters. The second kappa shape index (κ2) is 10.0. The first-order valence-corrected chi connectivity index (χ1v) is 8.62. The molecule has 138 valence electrons. The minimum atomic E-state index is -0.574. The lowest BCUT2D eigenvalue weighted by atomic mass is 10.2. The van der Waals surface area contributed by atoms with Crippen LogP contribution in [0.25, 0.3) is 0 Å². The number of carbonyl (C=O) groups is 2. The Kier molecular flexibility index (Phi) is 7.42. The summed E-state index contributed by atoms with van der Waals surface area (Å²) in [6, 6.07) is 9.60. The fourth-order valence-electron chi connectivity index (χ4n) is 2.27. The summed E-state index contributed by atoms with van der Waals surface area (Å²) in [4.78, 5) is 23.9. The Morgan fingerprint density at radius 1 is 1.00 bits per heavy atom. The molecule has 7 heteroatoms. The van der Waals surface area contributed by atoms with E-state index in [2.05, 4.69) is 17.8 Å². The lowest BCUT2D eigenvalue weighted by Gasteiger charge is -2.09. The van der Waals surface area contributed by atoms with E-state index in [4.69, 9.17) is 4.74 Å². The molecule has 0 aliphatic heterocycles. The summed E-state index contributed by atoms with van der Waals surface area (Å²) in [5, 5.41) is 11.2. The van der Waals surface area contributed by atoms with E-state index in [-0.39, 0.29) is 5.56 Å². The molecule has 2 N–H and O–H groups in total. The quantitative estimate of drug-likeness (QED) is 0.328. The fourth-order valence-corrected chi connectivity index (χ4v) is 2.27. The van der Waals surface area contributed by atoms with Gasteiger partial charge >= 0.3 is 0 Å². The van der Waals surface area contributed by atoms with Crippen LogP contribution in [0.3, 0.4) is 0 Å². The van der Waals surface area contributed by atoms with Gasteiger partial charge in [0.25, 0.3) is 11.8 Å². The van der Waals surface area contributed by atoms with Gasteiger partial charge in [-0.15, -0.1) is 0 Å². The molecular weight excluding hydrogens is 334 g/mol. The fraction of sp³-hybridized carbons (Fsp3) is 0.316. The Bertz CT molecular complexity index is 732. The van der Waals surface area contributed by atoms with E-state index in [0.29, 0.717) is 22.7 Å². The molecule has 2 amide bonds. The van der Waals surface area contributed by atoms with E-state index in [1.165, 1.54) is 31.2 Å². The summed E-state index contributed by atoms with van der Waals surface area (Å²) in [6.07, 6.45) is 6.92. The number of unbranched alkanes of at least 4 members (excludes halogenated alkanes) is 3.